The van der Waals surface area contributed by atoms with Gasteiger partial charge < -0.3 is 15.0 Å². The molecule has 0 fully saturated rings. The summed E-state index contributed by atoms with van der Waals surface area (Å²) >= 11 is 0. The quantitative estimate of drug-likeness (QED) is 0.751. The summed E-state index contributed by atoms with van der Waals surface area (Å²) in [5.74, 6) is -0.343. The molecule has 0 atom stereocenters. The molecule has 2 amide bonds. The standard InChI is InChI=1S/C16H22N6O3/c1-3-21-6-4-13(18-21)16(24)20-7-8-22-12(11-20)10-14(19-22)15(23)17-5-9-25-2/h4,6,10H,3,5,7-9,11H2,1-2H3,(H,17,23). The number of fused-ring (bicyclic) bond motifs is 1. The molecular formula is C16H22N6O3. The van der Waals surface area contributed by atoms with Crippen LogP contribution in [0, 0.1) is 0 Å². The van der Waals surface area contributed by atoms with Crippen molar-refractivity contribution in [2.75, 3.05) is 26.8 Å². The second-order valence-corrected chi connectivity index (χ2v) is 5.78. The molecule has 3 rings (SSSR count). The van der Waals surface area contributed by atoms with Crippen LogP contribution in [-0.2, 0) is 24.4 Å². The molecule has 0 aromatic carbocycles. The van der Waals surface area contributed by atoms with Crippen LogP contribution >= 0.6 is 0 Å². The second kappa shape index (κ2) is 7.47. The summed E-state index contributed by atoms with van der Waals surface area (Å²) < 4.78 is 8.41. The van der Waals surface area contributed by atoms with Crippen molar-refractivity contribution < 1.29 is 14.3 Å². The van der Waals surface area contributed by atoms with Crippen LogP contribution in [0.25, 0.3) is 0 Å². The predicted octanol–water partition coefficient (Wildman–Crippen LogP) is 0.132. The van der Waals surface area contributed by atoms with Gasteiger partial charge in [0.1, 0.15) is 5.69 Å². The van der Waals surface area contributed by atoms with Crippen LogP contribution < -0.4 is 5.32 Å². The summed E-state index contributed by atoms with van der Waals surface area (Å²) in [5.41, 5.74) is 1.63. The first kappa shape index (κ1) is 17.2. The highest BCUT2D eigenvalue weighted by molar-refractivity contribution is 5.93. The van der Waals surface area contributed by atoms with Crippen LogP contribution in [0.15, 0.2) is 18.3 Å². The Hall–Kier alpha value is -2.68. The molecule has 9 nitrogen and oxygen atoms in total. The van der Waals surface area contributed by atoms with Gasteiger partial charge >= 0.3 is 0 Å². The third kappa shape index (κ3) is 3.71. The number of amides is 2. The molecule has 3 heterocycles. The van der Waals surface area contributed by atoms with E-state index in [0.717, 1.165) is 12.2 Å². The number of ether oxygens (including phenoxy) is 1. The summed E-state index contributed by atoms with van der Waals surface area (Å²) in [5, 5.41) is 11.3. The molecule has 0 unspecified atom stereocenters. The lowest BCUT2D eigenvalue weighted by molar-refractivity contribution is 0.0698. The first-order chi connectivity index (χ1) is 12.1. The smallest absolute Gasteiger partial charge is 0.274 e. The van der Waals surface area contributed by atoms with Crippen molar-refractivity contribution in [3.63, 3.8) is 0 Å². The molecule has 2 aromatic heterocycles. The van der Waals surface area contributed by atoms with Crippen molar-refractivity contribution >= 4 is 11.8 Å². The average Bonchev–Trinajstić information content (AvgIpc) is 3.27. The zero-order chi connectivity index (χ0) is 17.8. The molecule has 0 spiro atoms. The van der Waals surface area contributed by atoms with Crippen molar-refractivity contribution in [3.8, 4) is 0 Å². The minimum absolute atomic E-state index is 0.106. The second-order valence-electron chi connectivity index (χ2n) is 5.78. The van der Waals surface area contributed by atoms with Gasteiger partial charge in [-0.15, -0.1) is 0 Å². The molecule has 1 N–H and O–H groups in total. The molecule has 0 aliphatic carbocycles. The van der Waals surface area contributed by atoms with Gasteiger partial charge in [-0.3, -0.25) is 19.0 Å². The van der Waals surface area contributed by atoms with Gasteiger partial charge in [-0.25, -0.2) is 0 Å². The van der Waals surface area contributed by atoms with Crippen LogP contribution in [0.4, 0.5) is 0 Å². The molecule has 0 bridgehead atoms. The zero-order valence-electron chi connectivity index (χ0n) is 14.4. The minimum Gasteiger partial charge on any atom is -0.383 e. The lowest BCUT2D eigenvalue weighted by Crippen LogP contribution is -2.38. The number of hydrogen-bond donors (Lipinski definition) is 1. The van der Waals surface area contributed by atoms with Gasteiger partial charge in [0.15, 0.2) is 5.69 Å². The minimum atomic E-state index is -0.237. The number of carbonyl (C=O) groups is 2. The van der Waals surface area contributed by atoms with E-state index in [9.17, 15) is 9.59 Å². The third-order valence-electron chi connectivity index (χ3n) is 4.09. The maximum atomic E-state index is 12.6. The largest absolute Gasteiger partial charge is 0.383 e. The Morgan fingerprint density at radius 3 is 2.84 bits per heavy atom. The average molecular weight is 346 g/mol. The Morgan fingerprint density at radius 1 is 1.28 bits per heavy atom. The molecule has 0 saturated carbocycles. The van der Waals surface area contributed by atoms with Gasteiger partial charge in [0, 0.05) is 32.9 Å². The van der Waals surface area contributed by atoms with Gasteiger partial charge in [0.2, 0.25) is 0 Å². The summed E-state index contributed by atoms with van der Waals surface area (Å²) in [6.07, 6.45) is 1.80. The Morgan fingerprint density at radius 2 is 2.12 bits per heavy atom. The normalized spacial score (nSPS) is 13.6. The van der Waals surface area contributed by atoms with Crippen LogP contribution in [-0.4, -0.2) is 63.1 Å². The maximum Gasteiger partial charge on any atom is 0.274 e. The topological polar surface area (TPSA) is 94.3 Å². The molecule has 25 heavy (non-hydrogen) atoms. The highest BCUT2D eigenvalue weighted by Crippen LogP contribution is 2.16. The van der Waals surface area contributed by atoms with Gasteiger partial charge in [-0.1, -0.05) is 0 Å². The Bertz CT molecular complexity index is 766. The number of nitrogens with zero attached hydrogens (tertiary/aromatic N) is 5. The van der Waals surface area contributed by atoms with Gasteiger partial charge in [0.25, 0.3) is 11.8 Å². The number of hydrogen-bond acceptors (Lipinski definition) is 5. The van der Waals surface area contributed by atoms with Crippen molar-refractivity contribution in [2.45, 2.75) is 26.6 Å². The Balaban J connectivity index is 1.67. The molecular weight excluding hydrogens is 324 g/mol. The number of nitrogens with one attached hydrogen (secondary N) is 1. The molecule has 2 aromatic rings. The molecule has 1 aliphatic rings. The summed E-state index contributed by atoms with van der Waals surface area (Å²) in [6.45, 7) is 5.09. The van der Waals surface area contributed by atoms with Crippen molar-refractivity contribution in [3.05, 3.63) is 35.4 Å². The van der Waals surface area contributed by atoms with E-state index in [4.69, 9.17) is 4.74 Å². The van der Waals surface area contributed by atoms with Gasteiger partial charge in [0.05, 0.1) is 25.4 Å². The van der Waals surface area contributed by atoms with Crippen molar-refractivity contribution in [1.29, 1.82) is 0 Å². The van der Waals surface area contributed by atoms with Crippen molar-refractivity contribution in [1.82, 2.24) is 29.8 Å². The van der Waals surface area contributed by atoms with E-state index >= 15 is 0 Å². The Labute approximate surface area is 145 Å². The van der Waals surface area contributed by atoms with E-state index in [1.165, 1.54) is 0 Å². The van der Waals surface area contributed by atoms with E-state index in [1.807, 2.05) is 6.92 Å². The molecule has 134 valence electrons. The SMILES string of the molecule is CCn1ccc(C(=O)N2CCn3nc(C(=O)NCCOC)cc3C2)n1. The summed E-state index contributed by atoms with van der Waals surface area (Å²) in [6, 6.07) is 3.46. The van der Waals surface area contributed by atoms with Crippen LogP contribution in [0.2, 0.25) is 0 Å². The van der Waals surface area contributed by atoms with Crippen LogP contribution in [0.5, 0.6) is 0 Å². The van der Waals surface area contributed by atoms with Crippen LogP contribution in [0.3, 0.4) is 0 Å². The fourth-order valence-corrected chi connectivity index (χ4v) is 2.72. The summed E-state index contributed by atoms with van der Waals surface area (Å²) in [4.78, 5) is 26.4. The number of carbonyl (C=O) groups excluding carboxylic acids is 2. The summed E-state index contributed by atoms with van der Waals surface area (Å²) in [7, 11) is 1.58. The number of methoxy groups -OCH3 is 1. The Kier molecular flexibility index (Phi) is 5.13. The lowest BCUT2D eigenvalue weighted by atomic mass is 10.2. The molecule has 0 radical (unpaired) electrons. The van der Waals surface area contributed by atoms with E-state index in [-0.39, 0.29) is 11.8 Å². The van der Waals surface area contributed by atoms with E-state index in [2.05, 4.69) is 15.5 Å². The first-order valence-corrected chi connectivity index (χ1v) is 8.29. The third-order valence-corrected chi connectivity index (χ3v) is 4.09. The highest BCUT2D eigenvalue weighted by atomic mass is 16.5. The highest BCUT2D eigenvalue weighted by Gasteiger charge is 2.25. The number of aromatic nitrogens is 4. The zero-order valence-corrected chi connectivity index (χ0v) is 14.4. The van der Waals surface area contributed by atoms with Gasteiger partial charge in [-0.05, 0) is 19.1 Å². The van der Waals surface area contributed by atoms with E-state index in [1.54, 1.807) is 39.7 Å². The lowest BCUT2D eigenvalue weighted by Gasteiger charge is -2.26. The van der Waals surface area contributed by atoms with E-state index in [0.29, 0.717) is 44.2 Å². The fourth-order valence-electron chi connectivity index (χ4n) is 2.72. The predicted molar refractivity (Wildman–Crippen MR) is 89.1 cm³/mol. The van der Waals surface area contributed by atoms with Crippen molar-refractivity contribution in [2.24, 2.45) is 0 Å². The first-order valence-electron chi connectivity index (χ1n) is 8.29. The molecule has 9 heteroatoms. The van der Waals surface area contributed by atoms with E-state index < -0.39 is 0 Å². The molecule has 1 aliphatic heterocycles. The monoisotopic (exact) mass is 346 g/mol. The fraction of sp³-hybridized carbons (Fsp3) is 0.500. The number of rotatable bonds is 6. The molecule has 0 saturated heterocycles. The van der Waals surface area contributed by atoms with Crippen LogP contribution in [0.1, 0.15) is 33.6 Å². The van der Waals surface area contributed by atoms with Gasteiger partial charge in [-0.2, -0.15) is 10.2 Å². The number of aryl methyl sites for hydroxylation is 1. The maximum absolute atomic E-state index is 12.6.